The monoisotopic (exact) mass is 284 g/mol. The van der Waals surface area contributed by atoms with Gasteiger partial charge in [-0.05, 0) is 42.8 Å². The molecule has 0 heterocycles. The summed E-state index contributed by atoms with van der Waals surface area (Å²) in [5, 5.41) is 11.5. The first kappa shape index (κ1) is 13.3. The molecule has 4 heteroatoms. The Morgan fingerprint density at radius 1 is 1.06 bits per heavy atom. The quantitative estimate of drug-likeness (QED) is 0.867. The van der Waals surface area contributed by atoms with Crippen molar-refractivity contribution < 1.29 is 9.50 Å². The molecular formula is C14H11Cl2FO. The van der Waals surface area contributed by atoms with Gasteiger partial charge in [0.05, 0.1) is 0 Å². The molecule has 0 aliphatic rings. The van der Waals surface area contributed by atoms with Crippen LogP contribution in [0.1, 0.15) is 18.1 Å². The van der Waals surface area contributed by atoms with Gasteiger partial charge in [-0.25, -0.2) is 4.39 Å². The lowest BCUT2D eigenvalue weighted by Crippen LogP contribution is -2.23. The predicted octanol–water partition coefficient (Wildman–Crippen LogP) is 4.39. The first-order chi connectivity index (χ1) is 8.41. The van der Waals surface area contributed by atoms with Crippen molar-refractivity contribution in [3.05, 3.63) is 69.5 Å². The summed E-state index contributed by atoms with van der Waals surface area (Å²) in [4.78, 5) is 0. The summed E-state index contributed by atoms with van der Waals surface area (Å²) in [7, 11) is 0. The van der Waals surface area contributed by atoms with Crippen molar-refractivity contribution in [2.45, 2.75) is 12.5 Å². The second-order valence-corrected chi connectivity index (χ2v) is 5.05. The highest BCUT2D eigenvalue weighted by Crippen LogP contribution is 2.35. The van der Waals surface area contributed by atoms with E-state index in [4.69, 9.17) is 23.2 Å². The Bertz CT molecular complexity index is 565. The summed E-state index contributed by atoms with van der Waals surface area (Å²) < 4.78 is 12.9. The predicted molar refractivity (Wildman–Crippen MR) is 71.5 cm³/mol. The van der Waals surface area contributed by atoms with Crippen LogP contribution in [-0.4, -0.2) is 5.11 Å². The molecule has 0 aromatic heterocycles. The van der Waals surface area contributed by atoms with E-state index in [1.807, 2.05) is 0 Å². The van der Waals surface area contributed by atoms with Gasteiger partial charge in [0.1, 0.15) is 11.4 Å². The molecule has 1 unspecified atom stereocenters. The minimum absolute atomic E-state index is 0.355. The van der Waals surface area contributed by atoms with E-state index in [1.54, 1.807) is 25.1 Å². The molecule has 0 aliphatic carbocycles. The van der Waals surface area contributed by atoms with Gasteiger partial charge < -0.3 is 5.11 Å². The number of halogens is 3. The molecule has 18 heavy (non-hydrogen) atoms. The second kappa shape index (κ2) is 4.88. The fourth-order valence-electron chi connectivity index (χ4n) is 1.80. The summed E-state index contributed by atoms with van der Waals surface area (Å²) in [6.07, 6.45) is 0. The smallest absolute Gasteiger partial charge is 0.123 e. The molecule has 2 rings (SSSR count). The average Bonchev–Trinajstić information content (AvgIpc) is 2.32. The molecule has 0 fully saturated rings. The van der Waals surface area contributed by atoms with Crippen molar-refractivity contribution >= 4 is 23.2 Å². The fourth-order valence-corrected chi connectivity index (χ4v) is 2.27. The zero-order chi connectivity index (χ0) is 13.3. The normalized spacial score (nSPS) is 14.3. The molecular weight excluding hydrogens is 274 g/mol. The summed E-state index contributed by atoms with van der Waals surface area (Å²) >= 11 is 12.0. The molecule has 0 bridgehead atoms. The highest BCUT2D eigenvalue weighted by molar-refractivity contribution is 6.33. The van der Waals surface area contributed by atoms with E-state index in [9.17, 15) is 9.50 Å². The van der Waals surface area contributed by atoms with E-state index in [0.717, 1.165) is 0 Å². The Balaban J connectivity index is 2.53. The van der Waals surface area contributed by atoms with Crippen LogP contribution in [-0.2, 0) is 5.60 Å². The van der Waals surface area contributed by atoms with Crippen LogP contribution < -0.4 is 0 Å². The summed E-state index contributed by atoms with van der Waals surface area (Å²) in [5.74, 6) is -0.355. The van der Waals surface area contributed by atoms with Crippen molar-refractivity contribution in [3.8, 4) is 0 Å². The van der Waals surface area contributed by atoms with Gasteiger partial charge in [0.15, 0.2) is 0 Å². The number of aliphatic hydroxyl groups is 1. The first-order valence-electron chi connectivity index (χ1n) is 5.35. The van der Waals surface area contributed by atoms with Gasteiger partial charge >= 0.3 is 0 Å². The zero-order valence-electron chi connectivity index (χ0n) is 9.62. The van der Waals surface area contributed by atoms with Crippen molar-refractivity contribution in [1.29, 1.82) is 0 Å². The molecule has 2 aromatic carbocycles. The Morgan fingerprint density at radius 3 is 2.28 bits per heavy atom. The third-order valence-electron chi connectivity index (χ3n) is 2.86. The van der Waals surface area contributed by atoms with Gasteiger partial charge in [-0.1, -0.05) is 35.3 Å². The zero-order valence-corrected chi connectivity index (χ0v) is 11.1. The van der Waals surface area contributed by atoms with E-state index in [-0.39, 0.29) is 5.82 Å². The maximum atomic E-state index is 12.9. The minimum atomic E-state index is -1.32. The maximum absolute atomic E-state index is 12.9. The Labute approximate surface area is 115 Å². The summed E-state index contributed by atoms with van der Waals surface area (Å²) in [6.45, 7) is 1.60. The molecule has 2 aromatic rings. The van der Waals surface area contributed by atoms with Crippen LogP contribution in [0.5, 0.6) is 0 Å². The minimum Gasteiger partial charge on any atom is -0.381 e. The number of hydrogen-bond donors (Lipinski definition) is 1. The first-order valence-corrected chi connectivity index (χ1v) is 6.11. The summed E-state index contributed by atoms with van der Waals surface area (Å²) in [6, 6.07) is 10.5. The van der Waals surface area contributed by atoms with Crippen molar-refractivity contribution in [3.63, 3.8) is 0 Å². The number of hydrogen-bond acceptors (Lipinski definition) is 1. The lowest BCUT2D eigenvalue weighted by Gasteiger charge is -2.25. The number of rotatable bonds is 2. The Morgan fingerprint density at radius 2 is 1.67 bits per heavy atom. The van der Waals surface area contributed by atoms with Crippen LogP contribution in [0.3, 0.4) is 0 Å². The molecule has 1 N–H and O–H groups in total. The van der Waals surface area contributed by atoms with E-state index in [1.165, 1.54) is 24.3 Å². The van der Waals surface area contributed by atoms with Crippen molar-refractivity contribution in [2.24, 2.45) is 0 Å². The van der Waals surface area contributed by atoms with Gasteiger partial charge in [0.25, 0.3) is 0 Å². The van der Waals surface area contributed by atoms with Crippen LogP contribution in [0.2, 0.25) is 10.0 Å². The fraction of sp³-hybridized carbons (Fsp3) is 0.143. The van der Waals surface area contributed by atoms with Crippen LogP contribution in [0.4, 0.5) is 4.39 Å². The molecule has 0 saturated heterocycles. The third kappa shape index (κ3) is 2.51. The topological polar surface area (TPSA) is 20.2 Å². The van der Waals surface area contributed by atoms with Crippen LogP contribution in [0.25, 0.3) is 0 Å². The highest BCUT2D eigenvalue weighted by atomic mass is 35.5. The molecule has 0 spiro atoms. The van der Waals surface area contributed by atoms with Crippen molar-refractivity contribution in [1.82, 2.24) is 0 Å². The lowest BCUT2D eigenvalue weighted by molar-refractivity contribution is 0.102. The lowest BCUT2D eigenvalue weighted by atomic mass is 9.88. The van der Waals surface area contributed by atoms with Gasteiger partial charge in [-0.15, -0.1) is 0 Å². The van der Waals surface area contributed by atoms with Gasteiger partial charge in [-0.3, -0.25) is 0 Å². The van der Waals surface area contributed by atoms with Crippen LogP contribution in [0.15, 0.2) is 42.5 Å². The largest absolute Gasteiger partial charge is 0.381 e. The van der Waals surface area contributed by atoms with E-state index < -0.39 is 5.60 Å². The standard InChI is InChI=1S/C14H11Cl2FO/c1-14(18,9-2-5-11(17)6-3-9)12-8-10(15)4-7-13(12)16/h2-8,18H,1H3. The second-order valence-electron chi connectivity index (χ2n) is 4.20. The van der Waals surface area contributed by atoms with E-state index in [2.05, 4.69) is 0 Å². The van der Waals surface area contributed by atoms with Gasteiger partial charge in [-0.2, -0.15) is 0 Å². The van der Waals surface area contributed by atoms with E-state index in [0.29, 0.717) is 21.2 Å². The van der Waals surface area contributed by atoms with E-state index >= 15 is 0 Å². The number of benzene rings is 2. The average molecular weight is 285 g/mol. The van der Waals surface area contributed by atoms with Gasteiger partial charge in [0.2, 0.25) is 0 Å². The van der Waals surface area contributed by atoms with Crippen molar-refractivity contribution in [2.75, 3.05) is 0 Å². The SMILES string of the molecule is CC(O)(c1ccc(F)cc1)c1cc(Cl)ccc1Cl. The molecule has 1 atom stereocenters. The van der Waals surface area contributed by atoms with Gasteiger partial charge in [0, 0.05) is 15.6 Å². The summed E-state index contributed by atoms with van der Waals surface area (Å²) in [5.41, 5.74) is -0.285. The molecule has 94 valence electrons. The highest BCUT2D eigenvalue weighted by Gasteiger charge is 2.28. The Hall–Kier alpha value is -1.09. The third-order valence-corrected chi connectivity index (χ3v) is 3.42. The molecule has 1 nitrogen and oxygen atoms in total. The maximum Gasteiger partial charge on any atom is 0.123 e. The van der Waals surface area contributed by atoms with Crippen LogP contribution >= 0.6 is 23.2 Å². The van der Waals surface area contributed by atoms with Crippen LogP contribution in [0, 0.1) is 5.82 Å². The molecule has 0 radical (unpaired) electrons. The molecule has 0 aliphatic heterocycles. The Kier molecular flexibility index (Phi) is 3.62. The molecule has 0 saturated carbocycles. The molecule has 0 amide bonds.